The minimum atomic E-state index is -1.51. The SMILES string of the molecule is C1CC(OCC2CO2)CCC1COC(OCC1CCC(OCC2CO2)CC1)(OCC1CCC(OCC2CO2)CC1)OCC1CCC(OCC2CO2)CC1. The van der Waals surface area contributed by atoms with Crippen molar-refractivity contribution in [3.8, 4) is 0 Å². The van der Waals surface area contributed by atoms with E-state index in [4.69, 9.17) is 56.8 Å². The number of hydrogen-bond donors (Lipinski definition) is 0. The molecule has 304 valence electrons. The molecule has 4 unspecified atom stereocenters. The molecule has 8 rings (SSSR count). The summed E-state index contributed by atoms with van der Waals surface area (Å²) < 4.78 is 73.3. The van der Waals surface area contributed by atoms with Gasteiger partial charge in [-0.05, 0) is 126 Å². The van der Waals surface area contributed by atoms with Crippen LogP contribution in [0.2, 0.25) is 0 Å². The van der Waals surface area contributed by atoms with E-state index in [1.807, 2.05) is 0 Å². The molecule has 0 aromatic heterocycles. The van der Waals surface area contributed by atoms with Crippen molar-refractivity contribution < 1.29 is 56.8 Å². The Balaban J connectivity index is 0.869. The summed E-state index contributed by atoms with van der Waals surface area (Å²) in [5.41, 5.74) is 0. The molecule has 0 radical (unpaired) electrons. The predicted molar refractivity (Wildman–Crippen MR) is 192 cm³/mol. The van der Waals surface area contributed by atoms with Gasteiger partial charge in [0.2, 0.25) is 0 Å². The lowest BCUT2D eigenvalue weighted by Gasteiger charge is -2.39. The molecule has 0 N–H and O–H groups in total. The van der Waals surface area contributed by atoms with Gasteiger partial charge in [0.05, 0.1) is 104 Å². The Morgan fingerprint density at radius 2 is 0.509 bits per heavy atom. The maximum absolute atomic E-state index is 6.82. The van der Waals surface area contributed by atoms with Crippen LogP contribution in [0.25, 0.3) is 0 Å². The fourth-order valence-corrected chi connectivity index (χ4v) is 8.62. The van der Waals surface area contributed by atoms with E-state index in [0.717, 1.165) is 156 Å². The number of hydrogen-bond acceptors (Lipinski definition) is 12. The molecule has 53 heavy (non-hydrogen) atoms. The molecule has 0 bridgehead atoms. The highest BCUT2D eigenvalue weighted by molar-refractivity contribution is 4.80. The third-order valence-corrected chi connectivity index (χ3v) is 12.8. The summed E-state index contributed by atoms with van der Waals surface area (Å²) in [4.78, 5) is 0. The van der Waals surface area contributed by atoms with E-state index in [9.17, 15) is 0 Å². The fourth-order valence-electron chi connectivity index (χ4n) is 8.62. The van der Waals surface area contributed by atoms with Crippen LogP contribution in [0.5, 0.6) is 0 Å². The Labute approximate surface area is 317 Å². The van der Waals surface area contributed by atoms with Crippen molar-refractivity contribution in [2.75, 3.05) is 79.3 Å². The van der Waals surface area contributed by atoms with Gasteiger partial charge in [-0.25, -0.2) is 0 Å². The van der Waals surface area contributed by atoms with Gasteiger partial charge < -0.3 is 56.8 Å². The lowest BCUT2D eigenvalue weighted by atomic mass is 9.87. The lowest BCUT2D eigenvalue weighted by Crippen LogP contribution is -2.47. The molecule has 0 spiro atoms. The van der Waals surface area contributed by atoms with Gasteiger partial charge in [-0.3, -0.25) is 0 Å². The standard InChI is InChI=1S/C41H68O12/c1-9-33(42-21-37-25-46-37)10-2-29(1)17-50-41(51-18-30-3-11-34(12-4-30)43-22-38-26-47-38,52-19-31-5-13-35(14-6-31)44-23-39-27-48-39)53-20-32-7-15-36(16-8-32)45-24-40-28-49-40/h29-40H,1-28H2. The van der Waals surface area contributed by atoms with Crippen molar-refractivity contribution in [2.45, 2.75) is 158 Å². The first-order valence-corrected chi connectivity index (χ1v) is 21.6. The second kappa shape index (κ2) is 19.8. The van der Waals surface area contributed by atoms with Crippen molar-refractivity contribution >= 4 is 0 Å². The molecule has 0 aromatic carbocycles. The average Bonchev–Trinajstić information content (AvgIpc) is 3.99. The van der Waals surface area contributed by atoms with Crippen LogP contribution in [-0.4, -0.2) is 134 Å². The summed E-state index contributed by atoms with van der Waals surface area (Å²) in [6, 6.07) is 0. The topological polar surface area (TPSA) is 124 Å². The van der Waals surface area contributed by atoms with Crippen molar-refractivity contribution in [1.82, 2.24) is 0 Å². The van der Waals surface area contributed by atoms with Gasteiger partial charge in [-0.2, -0.15) is 0 Å². The van der Waals surface area contributed by atoms with E-state index in [2.05, 4.69) is 0 Å². The first kappa shape index (κ1) is 39.4. The Kier molecular flexibility index (Phi) is 14.7. The molecule has 4 saturated carbocycles. The third-order valence-electron chi connectivity index (χ3n) is 12.8. The minimum absolute atomic E-state index is 0.308. The van der Waals surface area contributed by atoms with Crippen LogP contribution in [-0.2, 0) is 56.8 Å². The first-order chi connectivity index (χ1) is 26.1. The minimum Gasteiger partial charge on any atom is -0.375 e. The molecule has 4 aliphatic heterocycles. The second-order valence-corrected chi connectivity index (χ2v) is 17.5. The third kappa shape index (κ3) is 13.8. The lowest BCUT2D eigenvalue weighted by molar-refractivity contribution is -0.506. The van der Waals surface area contributed by atoms with Crippen molar-refractivity contribution in [2.24, 2.45) is 23.7 Å². The molecule has 4 atom stereocenters. The highest BCUT2D eigenvalue weighted by Gasteiger charge is 2.41. The monoisotopic (exact) mass is 752 g/mol. The van der Waals surface area contributed by atoms with Gasteiger partial charge >= 0.3 is 6.16 Å². The quantitative estimate of drug-likeness (QED) is 0.0906. The van der Waals surface area contributed by atoms with Gasteiger partial charge in [0.1, 0.15) is 24.4 Å². The van der Waals surface area contributed by atoms with Crippen molar-refractivity contribution in [3.05, 3.63) is 0 Å². The van der Waals surface area contributed by atoms with E-state index >= 15 is 0 Å². The Morgan fingerprint density at radius 3 is 0.698 bits per heavy atom. The van der Waals surface area contributed by atoms with Crippen molar-refractivity contribution in [3.63, 3.8) is 0 Å². The van der Waals surface area contributed by atoms with E-state index < -0.39 is 6.16 Å². The van der Waals surface area contributed by atoms with Gasteiger partial charge in [0.15, 0.2) is 0 Å². The summed E-state index contributed by atoms with van der Waals surface area (Å²) >= 11 is 0. The summed E-state index contributed by atoms with van der Waals surface area (Å²) in [7, 11) is 0. The van der Waals surface area contributed by atoms with Crippen LogP contribution < -0.4 is 0 Å². The van der Waals surface area contributed by atoms with Crippen LogP contribution >= 0.6 is 0 Å². The smallest absolute Gasteiger partial charge is 0.375 e. The second-order valence-electron chi connectivity index (χ2n) is 17.5. The van der Waals surface area contributed by atoms with Gasteiger partial charge in [0, 0.05) is 0 Å². The summed E-state index contributed by atoms with van der Waals surface area (Å²) in [5.74, 6) is 1.65. The van der Waals surface area contributed by atoms with E-state index in [1.54, 1.807) is 0 Å². The zero-order valence-corrected chi connectivity index (χ0v) is 32.1. The molecular weight excluding hydrogens is 684 g/mol. The first-order valence-electron chi connectivity index (χ1n) is 21.6. The zero-order valence-electron chi connectivity index (χ0n) is 32.1. The number of rotatable bonds is 24. The Hall–Kier alpha value is -0.480. The normalized spacial score (nSPS) is 40.8. The van der Waals surface area contributed by atoms with E-state index in [0.29, 0.717) is 98.9 Å². The molecule has 4 heterocycles. The van der Waals surface area contributed by atoms with Crippen LogP contribution in [0, 0.1) is 23.7 Å². The van der Waals surface area contributed by atoms with Gasteiger partial charge in [-0.1, -0.05) is 0 Å². The highest BCUT2D eigenvalue weighted by Crippen LogP contribution is 2.36. The molecule has 0 aromatic rings. The van der Waals surface area contributed by atoms with Gasteiger partial charge in [0.25, 0.3) is 0 Å². The van der Waals surface area contributed by atoms with Gasteiger partial charge in [-0.15, -0.1) is 0 Å². The Bertz CT molecular complexity index is 868. The van der Waals surface area contributed by atoms with E-state index in [1.165, 1.54) is 0 Å². The summed E-state index contributed by atoms with van der Waals surface area (Å²) in [6.45, 7) is 8.45. The largest absolute Gasteiger partial charge is 0.412 e. The molecule has 0 amide bonds. The van der Waals surface area contributed by atoms with Crippen LogP contribution in [0.15, 0.2) is 0 Å². The van der Waals surface area contributed by atoms with Crippen LogP contribution in [0.1, 0.15) is 103 Å². The number of ether oxygens (including phenoxy) is 12. The number of epoxide rings is 4. The summed E-state index contributed by atoms with van der Waals surface area (Å²) in [5, 5.41) is 0. The molecule has 8 fully saturated rings. The summed E-state index contributed by atoms with van der Waals surface area (Å²) in [6.07, 6.45) is 17.8. The highest BCUT2D eigenvalue weighted by atomic mass is 17.0. The van der Waals surface area contributed by atoms with E-state index in [-0.39, 0.29) is 0 Å². The maximum Gasteiger partial charge on any atom is 0.412 e. The Morgan fingerprint density at radius 1 is 0.302 bits per heavy atom. The molecule has 12 nitrogen and oxygen atoms in total. The predicted octanol–water partition coefficient (Wildman–Crippen LogP) is 5.56. The molecular formula is C41H68O12. The zero-order chi connectivity index (χ0) is 35.7. The van der Waals surface area contributed by atoms with Crippen molar-refractivity contribution in [1.29, 1.82) is 0 Å². The average molecular weight is 753 g/mol. The maximum atomic E-state index is 6.82. The van der Waals surface area contributed by atoms with Crippen LogP contribution in [0.3, 0.4) is 0 Å². The molecule has 12 heteroatoms. The van der Waals surface area contributed by atoms with Crippen LogP contribution in [0.4, 0.5) is 0 Å². The molecule has 4 aliphatic carbocycles. The molecule has 8 aliphatic rings. The molecule has 4 saturated heterocycles. The fraction of sp³-hybridized carbons (Fsp3) is 1.00.